The Kier molecular flexibility index (Phi) is 3.61. The molecule has 4 heteroatoms. The van der Waals surface area contributed by atoms with E-state index in [1.54, 1.807) is 11.3 Å². The first-order valence-electron chi connectivity index (χ1n) is 5.64. The van der Waals surface area contributed by atoms with Crippen LogP contribution in [0.15, 0.2) is 17.5 Å². The van der Waals surface area contributed by atoms with Crippen molar-refractivity contribution < 1.29 is 9.90 Å². The van der Waals surface area contributed by atoms with Gasteiger partial charge in [-0.15, -0.1) is 11.3 Å². The van der Waals surface area contributed by atoms with Crippen molar-refractivity contribution in [2.75, 3.05) is 19.6 Å². The van der Waals surface area contributed by atoms with E-state index in [-0.39, 0.29) is 5.92 Å². The number of hydrogen-bond acceptors (Lipinski definition) is 3. The number of aliphatic carboxylic acids is 1. The first-order chi connectivity index (χ1) is 7.66. The number of likely N-dealkylation sites (tertiary alicyclic amines) is 1. The molecule has 0 radical (unpaired) electrons. The predicted molar refractivity (Wildman–Crippen MR) is 64.8 cm³/mol. The minimum atomic E-state index is -0.664. The summed E-state index contributed by atoms with van der Waals surface area (Å²) >= 11 is 1.79. The van der Waals surface area contributed by atoms with Crippen molar-refractivity contribution in [3.8, 4) is 0 Å². The van der Waals surface area contributed by atoms with Gasteiger partial charge >= 0.3 is 5.97 Å². The van der Waals surface area contributed by atoms with Gasteiger partial charge in [-0.1, -0.05) is 13.0 Å². The number of carbonyl (C=O) groups is 1. The third-order valence-electron chi connectivity index (χ3n) is 3.34. The van der Waals surface area contributed by atoms with Gasteiger partial charge in [0, 0.05) is 24.5 Å². The molecule has 3 nitrogen and oxygen atoms in total. The van der Waals surface area contributed by atoms with Crippen molar-refractivity contribution in [2.24, 2.45) is 11.8 Å². The van der Waals surface area contributed by atoms with E-state index < -0.39 is 5.97 Å². The van der Waals surface area contributed by atoms with Crippen molar-refractivity contribution in [3.05, 3.63) is 22.4 Å². The van der Waals surface area contributed by atoms with Crippen molar-refractivity contribution in [3.63, 3.8) is 0 Å². The van der Waals surface area contributed by atoms with Gasteiger partial charge in [-0.25, -0.2) is 0 Å². The molecular formula is C12H17NO2S. The average Bonchev–Trinajstić information content (AvgIpc) is 2.67. The highest BCUT2D eigenvalue weighted by atomic mass is 32.1. The van der Waals surface area contributed by atoms with Crippen LogP contribution in [0.4, 0.5) is 0 Å². The molecular weight excluding hydrogens is 222 g/mol. The Hall–Kier alpha value is -0.870. The molecule has 2 rings (SSSR count). The molecule has 88 valence electrons. The molecule has 0 amide bonds. The number of thiophene rings is 1. The van der Waals surface area contributed by atoms with Crippen LogP contribution in [-0.2, 0) is 11.2 Å². The normalized spacial score (nSPS) is 19.3. The highest BCUT2D eigenvalue weighted by molar-refractivity contribution is 7.09. The Bertz CT molecular complexity index is 344. The van der Waals surface area contributed by atoms with Gasteiger partial charge in [0.15, 0.2) is 0 Å². The summed E-state index contributed by atoms with van der Waals surface area (Å²) in [5.74, 6) is -0.512. The van der Waals surface area contributed by atoms with Gasteiger partial charge in [0.2, 0.25) is 0 Å². The highest BCUT2D eigenvalue weighted by Gasteiger charge is 2.34. The minimum absolute atomic E-state index is 0.196. The van der Waals surface area contributed by atoms with Gasteiger partial charge in [-0.2, -0.15) is 0 Å². The summed E-state index contributed by atoms with van der Waals surface area (Å²) in [5, 5.41) is 11.0. The van der Waals surface area contributed by atoms with Crippen LogP contribution in [-0.4, -0.2) is 35.6 Å². The molecule has 1 unspecified atom stereocenters. The lowest BCUT2D eigenvalue weighted by Gasteiger charge is -2.41. The summed E-state index contributed by atoms with van der Waals surface area (Å²) < 4.78 is 0. The smallest absolute Gasteiger partial charge is 0.306 e. The van der Waals surface area contributed by atoms with E-state index in [9.17, 15) is 4.79 Å². The van der Waals surface area contributed by atoms with E-state index in [2.05, 4.69) is 22.4 Å². The molecule has 1 aliphatic rings. The first-order valence-corrected chi connectivity index (χ1v) is 6.52. The third kappa shape index (κ3) is 2.62. The van der Waals surface area contributed by atoms with E-state index in [4.69, 9.17) is 5.11 Å². The van der Waals surface area contributed by atoms with Crippen LogP contribution in [0, 0.1) is 11.8 Å². The number of hydrogen-bond donors (Lipinski definition) is 1. The van der Waals surface area contributed by atoms with Gasteiger partial charge < -0.3 is 10.0 Å². The van der Waals surface area contributed by atoms with Crippen molar-refractivity contribution in [1.29, 1.82) is 0 Å². The first kappa shape index (κ1) is 11.6. The van der Waals surface area contributed by atoms with Crippen LogP contribution >= 0.6 is 11.3 Å². The van der Waals surface area contributed by atoms with Crippen LogP contribution in [0.5, 0.6) is 0 Å². The fraction of sp³-hybridized carbons (Fsp3) is 0.583. The Labute approximate surface area is 99.7 Å². The summed E-state index contributed by atoms with van der Waals surface area (Å²) in [6.07, 6.45) is 1.09. The van der Waals surface area contributed by atoms with E-state index >= 15 is 0 Å². The van der Waals surface area contributed by atoms with Crippen LogP contribution in [0.2, 0.25) is 0 Å². The Balaban J connectivity index is 1.67. The second kappa shape index (κ2) is 4.97. The quantitative estimate of drug-likeness (QED) is 0.853. The van der Waals surface area contributed by atoms with Crippen molar-refractivity contribution >= 4 is 17.3 Å². The maximum Gasteiger partial charge on any atom is 0.306 e. The molecule has 0 aromatic carbocycles. The highest BCUT2D eigenvalue weighted by Crippen LogP contribution is 2.24. The van der Waals surface area contributed by atoms with Gasteiger partial charge in [0.25, 0.3) is 0 Å². The van der Waals surface area contributed by atoms with Gasteiger partial charge in [0.1, 0.15) is 0 Å². The summed E-state index contributed by atoms with van der Waals surface area (Å²) in [4.78, 5) is 14.5. The number of carboxylic acid groups (broad SMARTS) is 1. The largest absolute Gasteiger partial charge is 0.481 e. The van der Waals surface area contributed by atoms with E-state index in [0.717, 1.165) is 26.1 Å². The summed E-state index contributed by atoms with van der Waals surface area (Å²) in [6, 6.07) is 4.23. The molecule has 1 aromatic heterocycles. The summed E-state index contributed by atoms with van der Waals surface area (Å²) in [6.45, 7) is 4.75. The summed E-state index contributed by atoms with van der Waals surface area (Å²) in [5.41, 5.74) is 0. The lowest BCUT2D eigenvalue weighted by Crippen LogP contribution is -2.51. The standard InChI is InChI=1S/C12H17NO2S/c1-9(12(14)15)10-7-13(8-10)5-4-11-3-2-6-16-11/h2-3,6,9-10H,4-5,7-8H2,1H3,(H,14,15). The van der Waals surface area contributed by atoms with Gasteiger partial charge in [-0.05, 0) is 23.8 Å². The van der Waals surface area contributed by atoms with Crippen LogP contribution in [0.1, 0.15) is 11.8 Å². The molecule has 0 bridgehead atoms. The SMILES string of the molecule is CC(C(=O)O)C1CN(CCc2cccs2)C1. The number of carboxylic acids is 1. The minimum Gasteiger partial charge on any atom is -0.481 e. The molecule has 1 aliphatic heterocycles. The van der Waals surface area contributed by atoms with Gasteiger partial charge in [0.05, 0.1) is 5.92 Å². The lowest BCUT2D eigenvalue weighted by atomic mass is 9.87. The topological polar surface area (TPSA) is 40.5 Å². The fourth-order valence-corrected chi connectivity index (χ4v) is 2.73. The summed E-state index contributed by atoms with van der Waals surface area (Å²) in [7, 11) is 0. The van der Waals surface area contributed by atoms with E-state index in [1.807, 2.05) is 6.92 Å². The molecule has 1 N–H and O–H groups in total. The zero-order valence-corrected chi connectivity index (χ0v) is 10.2. The molecule has 1 atom stereocenters. The second-order valence-electron chi connectivity index (χ2n) is 4.48. The Morgan fingerprint density at radius 2 is 2.44 bits per heavy atom. The number of nitrogens with zero attached hydrogens (tertiary/aromatic N) is 1. The van der Waals surface area contributed by atoms with Crippen LogP contribution in [0.25, 0.3) is 0 Å². The lowest BCUT2D eigenvalue weighted by molar-refractivity contribution is -0.145. The molecule has 0 aliphatic carbocycles. The average molecular weight is 239 g/mol. The zero-order chi connectivity index (χ0) is 11.5. The predicted octanol–water partition coefficient (Wildman–Crippen LogP) is 1.94. The van der Waals surface area contributed by atoms with E-state index in [0.29, 0.717) is 5.92 Å². The molecule has 0 spiro atoms. The molecule has 1 aromatic rings. The number of rotatable bonds is 5. The molecule has 16 heavy (non-hydrogen) atoms. The van der Waals surface area contributed by atoms with Crippen molar-refractivity contribution in [2.45, 2.75) is 13.3 Å². The molecule has 2 heterocycles. The third-order valence-corrected chi connectivity index (χ3v) is 4.27. The monoisotopic (exact) mass is 239 g/mol. The molecule has 1 fully saturated rings. The van der Waals surface area contributed by atoms with Crippen LogP contribution < -0.4 is 0 Å². The van der Waals surface area contributed by atoms with E-state index in [1.165, 1.54) is 4.88 Å². The van der Waals surface area contributed by atoms with Gasteiger partial charge in [-0.3, -0.25) is 4.79 Å². The molecule has 1 saturated heterocycles. The Morgan fingerprint density at radius 3 is 3.00 bits per heavy atom. The second-order valence-corrected chi connectivity index (χ2v) is 5.51. The maximum atomic E-state index is 10.8. The van der Waals surface area contributed by atoms with Crippen LogP contribution in [0.3, 0.4) is 0 Å². The zero-order valence-electron chi connectivity index (χ0n) is 9.43. The fourth-order valence-electron chi connectivity index (χ4n) is 2.03. The maximum absolute atomic E-state index is 10.8. The Morgan fingerprint density at radius 1 is 1.69 bits per heavy atom. The molecule has 0 saturated carbocycles. The van der Waals surface area contributed by atoms with Crippen molar-refractivity contribution in [1.82, 2.24) is 4.90 Å².